The molecular weight excluding hydrogens is 356 g/mol. The van der Waals surface area contributed by atoms with Crippen molar-refractivity contribution >= 4 is 5.95 Å². The molecule has 0 bridgehead atoms. The Labute approximate surface area is 161 Å². The van der Waals surface area contributed by atoms with Crippen molar-refractivity contribution in [3.8, 4) is 22.5 Å². The summed E-state index contributed by atoms with van der Waals surface area (Å²) in [5.74, 6) is 1.19. The molecule has 4 rings (SSSR count). The quantitative estimate of drug-likeness (QED) is 0.543. The molecule has 28 heavy (non-hydrogen) atoms. The van der Waals surface area contributed by atoms with Crippen molar-refractivity contribution in [2.24, 2.45) is 0 Å². The molecule has 0 aromatic carbocycles. The maximum Gasteiger partial charge on any atom is 0.223 e. The summed E-state index contributed by atoms with van der Waals surface area (Å²) >= 11 is 0. The fraction of sp³-hybridized carbons (Fsp3) is 0.211. The summed E-state index contributed by atoms with van der Waals surface area (Å²) in [5.41, 5.74) is 4.64. The Hall–Kier alpha value is -3.75. The first-order valence-corrected chi connectivity index (χ1v) is 8.78. The number of hydrogen-bond donors (Lipinski definition) is 1. The van der Waals surface area contributed by atoms with E-state index in [0.717, 1.165) is 22.5 Å². The van der Waals surface area contributed by atoms with E-state index in [0.29, 0.717) is 36.1 Å². The minimum absolute atomic E-state index is 0.506. The van der Waals surface area contributed by atoms with E-state index in [9.17, 15) is 0 Å². The van der Waals surface area contributed by atoms with Crippen LogP contribution in [0.1, 0.15) is 17.1 Å². The van der Waals surface area contributed by atoms with Crippen LogP contribution in [-0.4, -0.2) is 41.6 Å². The molecule has 0 aliphatic rings. The molecule has 4 heterocycles. The van der Waals surface area contributed by atoms with Crippen molar-refractivity contribution in [3.63, 3.8) is 0 Å². The molecule has 9 heteroatoms. The van der Waals surface area contributed by atoms with Crippen LogP contribution in [0, 0.1) is 13.8 Å². The molecule has 0 aliphatic carbocycles. The normalized spacial score (nSPS) is 10.8. The Morgan fingerprint density at radius 2 is 1.75 bits per heavy atom. The zero-order valence-electron chi connectivity index (χ0n) is 15.5. The molecule has 4 aromatic heterocycles. The Bertz CT molecular complexity index is 1050. The third-order valence-electron chi connectivity index (χ3n) is 4.18. The van der Waals surface area contributed by atoms with E-state index in [1.807, 2.05) is 13.8 Å². The number of aryl methyl sites for hydroxylation is 2. The highest BCUT2D eigenvalue weighted by Crippen LogP contribution is 2.33. The van der Waals surface area contributed by atoms with Gasteiger partial charge in [0.15, 0.2) is 0 Å². The van der Waals surface area contributed by atoms with Crippen molar-refractivity contribution in [3.05, 3.63) is 60.5 Å². The number of rotatable bonds is 6. The van der Waals surface area contributed by atoms with Crippen LogP contribution >= 0.6 is 0 Å². The van der Waals surface area contributed by atoms with Gasteiger partial charge in [-0.05, 0) is 13.8 Å². The summed E-state index contributed by atoms with van der Waals surface area (Å²) in [4.78, 5) is 26.0. The number of aromatic nitrogens is 7. The van der Waals surface area contributed by atoms with Crippen LogP contribution in [0.15, 0.2) is 47.9 Å². The number of hydrogen-bond acceptors (Lipinski definition) is 9. The predicted molar refractivity (Wildman–Crippen MR) is 102 cm³/mol. The largest absolute Gasteiger partial charge is 0.361 e. The van der Waals surface area contributed by atoms with E-state index in [1.165, 1.54) is 0 Å². The van der Waals surface area contributed by atoms with Crippen LogP contribution in [-0.2, 0) is 6.42 Å². The fourth-order valence-electron chi connectivity index (χ4n) is 2.87. The van der Waals surface area contributed by atoms with E-state index in [1.54, 1.807) is 43.4 Å². The monoisotopic (exact) mass is 374 g/mol. The molecule has 1 N–H and O–H groups in total. The molecule has 0 saturated carbocycles. The molecule has 0 saturated heterocycles. The summed E-state index contributed by atoms with van der Waals surface area (Å²) in [5, 5.41) is 7.29. The van der Waals surface area contributed by atoms with Crippen molar-refractivity contribution in [2.45, 2.75) is 20.3 Å². The lowest BCUT2D eigenvalue weighted by Crippen LogP contribution is -2.10. The summed E-state index contributed by atoms with van der Waals surface area (Å²) < 4.78 is 5.34. The van der Waals surface area contributed by atoms with Gasteiger partial charge in [0.05, 0.1) is 34.5 Å². The van der Waals surface area contributed by atoms with Gasteiger partial charge in [-0.1, -0.05) is 5.16 Å². The van der Waals surface area contributed by atoms with Gasteiger partial charge in [0.25, 0.3) is 0 Å². The van der Waals surface area contributed by atoms with Crippen LogP contribution in [0.4, 0.5) is 5.95 Å². The Morgan fingerprint density at radius 1 is 0.929 bits per heavy atom. The molecule has 0 radical (unpaired) electrons. The van der Waals surface area contributed by atoms with Gasteiger partial charge in [-0.25, -0.2) is 9.97 Å². The van der Waals surface area contributed by atoms with Gasteiger partial charge in [-0.2, -0.15) is 0 Å². The highest BCUT2D eigenvalue weighted by molar-refractivity contribution is 5.80. The molecule has 0 atom stereocenters. The molecule has 0 aliphatic heterocycles. The summed E-state index contributed by atoms with van der Waals surface area (Å²) in [6.45, 7) is 4.37. The second kappa shape index (κ2) is 7.87. The maximum absolute atomic E-state index is 5.34. The molecule has 0 spiro atoms. The Balaban J connectivity index is 1.66. The summed E-state index contributed by atoms with van der Waals surface area (Å²) in [7, 11) is 0. The fourth-order valence-corrected chi connectivity index (χ4v) is 2.87. The SMILES string of the molecule is Cc1noc(C)c1-c1nc(NCCc2cnccn2)ncc1-c1cnccn1. The third kappa shape index (κ3) is 3.68. The molecule has 0 unspecified atom stereocenters. The zero-order chi connectivity index (χ0) is 19.3. The second-order valence-corrected chi connectivity index (χ2v) is 6.12. The molecule has 0 amide bonds. The van der Waals surface area contributed by atoms with E-state index in [2.05, 4.69) is 35.4 Å². The van der Waals surface area contributed by atoms with Gasteiger partial charge in [0.1, 0.15) is 5.76 Å². The van der Waals surface area contributed by atoms with E-state index >= 15 is 0 Å². The van der Waals surface area contributed by atoms with Gasteiger partial charge in [-0.15, -0.1) is 0 Å². The van der Waals surface area contributed by atoms with Crippen molar-refractivity contribution < 1.29 is 4.52 Å². The Kier molecular flexibility index (Phi) is 4.96. The van der Waals surface area contributed by atoms with Gasteiger partial charge < -0.3 is 9.84 Å². The lowest BCUT2D eigenvalue weighted by atomic mass is 10.0. The van der Waals surface area contributed by atoms with Gasteiger partial charge >= 0.3 is 0 Å². The van der Waals surface area contributed by atoms with Crippen LogP contribution in [0.2, 0.25) is 0 Å². The average molecular weight is 374 g/mol. The lowest BCUT2D eigenvalue weighted by Gasteiger charge is -2.11. The standard InChI is InChI=1S/C19H18N8O/c1-12-17(13(2)28-27-12)18-15(16-11-21-6-8-23-16)10-25-19(26-18)24-4-3-14-9-20-5-7-22-14/h5-11H,3-4H2,1-2H3,(H,24,25,26). The highest BCUT2D eigenvalue weighted by atomic mass is 16.5. The van der Waals surface area contributed by atoms with E-state index in [4.69, 9.17) is 9.51 Å². The van der Waals surface area contributed by atoms with E-state index in [-0.39, 0.29) is 0 Å². The van der Waals surface area contributed by atoms with Crippen LogP contribution in [0.5, 0.6) is 0 Å². The first kappa shape index (κ1) is 17.7. The topological polar surface area (TPSA) is 115 Å². The number of nitrogens with zero attached hydrogens (tertiary/aromatic N) is 7. The average Bonchev–Trinajstić information content (AvgIpc) is 3.07. The lowest BCUT2D eigenvalue weighted by molar-refractivity contribution is 0.393. The molecular formula is C19H18N8O. The summed E-state index contributed by atoms with van der Waals surface area (Å²) in [6.07, 6.45) is 12.5. The third-order valence-corrected chi connectivity index (χ3v) is 4.18. The molecule has 4 aromatic rings. The van der Waals surface area contributed by atoms with Crippen LogP contribution in [0.25, 0.3) is 22.5 Å². The van der Waals surface area contributed by atoms with E-state index < -0.39 is 0 Å². The maximum atomic E-state index is 5.34. The smallest absolute Gasteiger partial charge is 0.223 e. The minimum Gasteiger partial charge on any atom is -0.361 e. The Morgan fingerprint density at radius 3 is 2.43 bits per heavy atom. The van der Waals surface area contributed by atoms with Gasteiger partial charge in [0, 0.05) is 55.7 Å². The first-order valence-electron chi connectivity index (χ1n) is 8.78. The number of nitrogens with one attached hydrogen (secondary N) is 1. The van der Waals surface area contributed by atoms with Crippen LogP contribution in [0.3, 0.4) is 0 Å². The predicted octanol–water partition coefficient (Wildman–Crippen LogP) is 2.65. The van der Waals surface area contributed by atoms with Crippen molar-refractivity contribution in [1.82, 2.24) is 35.1 Å². The minimum atomic E-state index is 0.506. The molecule has 9 nitrogen and oxygen atoms in total. The van der Waals surface area contributed by atoms with Crippen molar-refractivity contribution in [2.75, 3.05) is 11.9 Å². The highest BCUT2D eigenvalue weighted by Gasteiger charge is 2.20. The van der Waals surface area contributed by atoms with Crippen molar-refractivity contribution in [1.29, 1.82) is 0 Å². The molecule has 140 valence electrons. The summed E-state index contributed by atoms with van der Waals surface area (Å²) in [6, 6.07) is 0. The second-order valence-electron chi connectivity index (χ2n) is 6.12. The number of anilines is 1. The van der Waals surface area contributed by atoms with Crippen LogP contribution < -0.4 is 5.32 Å². The van der Waals surface area contributed by atoms with Gasteiger partial charge in [0.2, 0.25) is 5.95 Å². The first-order chi connectivity index (χ1) is 13.7. The molecule has 0 fully saturated rings. The van der Waals surface area contributed by atoms with Gasteiger partial charge in [-0.3, -0.25) is 19.9 Å². The zero-order valence-corrected chi connectivity index (χ0v) is 15.5.